The highest BCUT2D eigenvalue weighted by atomic mass is 16.6. The van der Waals surface area contributed by atoms with Crippen molar-refractivity contribution >= 4 is 11.7 Å². The van der Waals surface area contributed by atoms with Gasteiger partial charge in [-0.05, 0) is 42.8 Å². The molecule has 212 valence electrons. The van der Waals surface area contributed by atoms with Crippen LogP contribution in [0.3, 0.4) is 0 Å². The summed E-state index contributed by atoms with van der Waals surface area (Å²) >= 11 is 0. The van der Waals surface area contributed by atoms with Crippen molar-refractivity contribution in [2.75, 3.05) is 91.1 Å². The molecule has 0 saturated carbocycles. The Kier molecular flexibility index (Phi) is 18.5. The van der Waals surface area contributed by atoms with Crippen LogP contribution in [0.25, 0.3) is 0 Å². The first-order chi connectivity index (χ1) is 18.8. The molecule has 1 N–H and O–H groups in total. The molecule has 0 aliphatic rings. The van der Waals surface area contributed by atoms with Gasteiger partial charge in [0.15, 0.2) is 0 Å². The summed E-state index contributed by atoms with van der Waals surface area (Å²) < 4.78 is 38.0. The van der Waals surface area contributed by atoms with Gasteiger partial charge < -0.3 is 38.5 Å². The van der Waals surface area contributed by atoms with Crippen molar-refractivity contribution in [3.8, 4) is 5.75 Å². The predicted octanol–water partition coefficient (Wildman–Crippen LogP) is 4.22. The van der Waals surface area contributed by atoms with E-state index in [2.05, 4.69) is 12.2 Å². The number of nitrogens with one attached hydrogen (secondary N) is 1. The van der Waals surface area contributed by atoms with Gasteiger partial charge in [0, 0.05) is 12.2 Å². The van der Waals surface area contributed by atoms with E-state index < -0.39 is 0 Å². The summed E-state index contributed by atoms with van der Waals surface area (Å²) in [6, 6.07) is 17.0. The van der Waals surface area contributed by atoms with Crippen LogP contribution < -0.4 is 10.1 Å². The van der Waals surface area contributed by atoms with Gasteiger partial charge in [-0.25, -0.2) is 4.79 Å². The van der Waals surface area contributed by atoms with Crippen LogP contribution in [0.2, 0.25) is 0 Å². The highest BCUT2D eigenvalue weighted by Crippen LogP contribution is 2.11. The minimum absolute atomic E-state index is 0.199. The first kappa shape index (κ1) is 31.5. The number of hydrogen-bond donors (Lipinski definition) is 1. The van der Waals surface area contributed by atoms with Gasteiger partial charge in [0.05, 0.1) is 71.6 Å². The molecule has 0 atom stereocenters. The highest BCUT2D eigenvalue weighted by Gasteiger charge is 2.06. The average Bonchev–Trinajstić information content (AvgIpc) is 2.95. The second-order valence-electron chi connectivity index (χ2n) is 8.22. The van der Waals surface area contributed by atoms with Crippen LogP contribution in [0.4, 0.5) is 5.69 Å². The summed E-state index contributed by atoms with van der Waals surface area (Å²) in [5, 5.41) is 3.32. The summed E-state index contributed by atoms with van der Waals surface area (Å²) in [4.78, 5) is 12.1. The Labute approximate surface area is 226 Å². The van der Waals surface area contributed by atoms with Crippen molar-refractivity contribution in [2.45, 2.75) is 19.8 Å². The fourth-order valence-electron chi connectivity index (χ4n) is 3.13. The Balaban J connectivity index is 1.28. The molecule has 0 amide bonds. The first-order valence-electron chi connectivity index (χ1n) is 13.4. The molecule has 0 spiro atoms. The average molecular weight is 534 g/mol. The number of hydrogen-bond acceptors (Lipinski definition) is 9. The summed E-state index contributed by atoms with van der Waals surface area (Å²) in [6.45, 7) is 8.51. The molecule has 0 unspecified atom stereocenters. The zero-order valence-corrected chi connectivity index (χ0v) is 22.6. The van der Waals surface area contributed by atoms with Gasteiger partial charge in [-0.1, -0.05) is 31.5 Å². The van der Waals surface area contributed by atoms with Gasteiger partial charge in [0.2, 0.25) is 0 Å². The maximum absolute atomic E-state index is 12.1. The Hall–Kier alpha value is -2.69. The van der Waals surface area contributed by atoms with Gasteiger partial charge in [-0.3, -0.25) is 0 Å². The van der Waals surface area contributed by atoms with Crippen LogP contribution in [0.5, 0.6) is 5.75 Å². The fourth-order valence-corrected chi connectivity index (χ4v) is 3.13. The highest BCUT2D eigenvalue weighted by molar-refractivity contribution is 5.89. The molecule has 0 aliphatic carbocycles. The lowest BCUT2D eigenvalue weighted by molar-refractivity contribution is -0.0163. The largest absolute Gasteiger partial charge is 0.491 e. The molecule has 0 heterocycles. The molecule has 0 radical (unpaired) electrons. The molecule has 0 aromatic heterocycles. The number of benzene rings is 2. The third-order valence-electron chi connectivity index (χ3n) is 5.17. The SMILES string of the molecule is CCCCNc1ccc(C(=O)OCCOCCOCCOCCOCCOCCOc2ccccc2)cc1. The quantitative estimate of drug-likeness (QED) is 0.157. The van der Waals surface area contributed by atoms with Crippen molar-refractivity contribution in [2.24, 2.45) is 0 Å². The van der Waals surface area contributed by atoms with E-state index in [1.165, 1.54) is 0 Å². The van der Waals surface area contributed by atoms with Crippen LogP contribution in [-0.4, -0.2) is 91.8 Å². The van der Waals surface area contributed by atoms with Crippen LogP contribution >= 0.6 is 0 Å². The number of unbranched alkanes of at least 4 members (excludes halogenated alkanes) is 1. The third kappa shape index (κ3) is 16.2. The van der Waals surface area contributed by atoms with Gasteiger partial charge >= 0.3 is 5.97 Å². The topological polar surface area (TPSA) is 93.7 Å². The smallest absolute Gasteiger partial charge is 0.338 e. The van der Waals surface area contributed by atoms with Gasteiger partial charge in [0.25, 0.3) is 0 Å². The monoisotopic (exact) mass is 533 g/mol. The number of ether oxygens (including phenoxy) is 7. The van der Waals surface area contributed by atoms with Gasteiger partial charge in [0.1, 0.15) is 19.0 Å². The lowest BCUT2D eigenvalue weighted by Gasteiger charge is -2.09. The van der Waals surface area contributed by atoms with Crippen LogP contribution in [0, 0.1) is 0 Å². The standard InChI is InChI=1S/C29H43NO8/c1-2-3-13-30-27-11-9-26(10-12-27)29(31)38-25-23-36-21-19-34-17-15-32-14-16-33-18-20-35-22-24-37-28-7-5-4-6-8-28/h4-12,30H,2-3,13-25H2,1H3. The van der Waals surface area contributed by atoms with Crippen molar-refractivity contribution in [1.82, 2.24) is 0 Å². The Morgan fingerprint density at radius 2 is 1.13 bits per heavy atom. The molecule has 0 bridgehead atoms. The zero-order chi connectivity index (χ0) is 26.9. The maximum Gasteiger partial charge on any atom is 0.338 e. The Morgan fingerprint density at radius 3 is 1.66 bits per heavy atom. The number of para-hydroxylation sites is 1. The lowest BCUT2D eigenvalue weighted by atomic mass is 10.2. The Morgan fingerprint density at radius 1 is 0.632 bits per heavy atom. The summed E-state index contributed by atoms with van der Waals surface area (Å²) in [5.74, 6) is 0.486. The summed E-state index contributed by atoms with van der Waals surface area (Å²) in [5.41, 5.74) is 1.53. The molecule has 0 fully saturated rings. The van der Waals surface area contributed by atoms with Gasteiger partial charge in [-0.2, -0.15) is 0 Å². The normalized spacial score (nSPS) is 10.9. The number of anilines is 1. The summed E-state index contributed by atoms with van der Waals surface area (Å²) in [7, 11) is 0. The minimum atomic E-state index is -0.355. The van der Waals surface area contributed by atoms with E-state index in [1.807, 2.05) is 42.5 Å². The first-order valence-corrected chi connectivity index (χ1v) is 13.4. The third-order valence-corrected chi connectivity index (χ3v) is 5.17. The number of esters is 1. The molecule has 0 aliphatic heterocycles. The minimum Gasteiger partial charge on any atom is -0.491 e. The van der Waals surface area contributed by atoms with E-state index in [-0.39, 0.29) is 12.6 Å². The van der Waals surface area contributed by atoms with E-state index in [9.17, 15) is 4.79 Å². The van der Waals surface area contributed by atoms with Crippen molar-refractivity contribution in [3.63, 3.8) is 0 Å². The molecule has 2 aromatic carbocycles. The number of carbonyl (C=O) groups excluding carboxylic acids is 1. The fraction of sp³-hybridized carbons (Fsp3) is 0.552. The molecule has 2 rings (SSSR count). The van der Waals surface area contributed by atoms with Crippen molar-refractivity contribution < 1.29 is 38.0 Å². The second-order valence-corrected chi connectivity index (χ2v) is 8.22. The van der Waals surface area contributed by atoms with Crippen LogP contribution in [-0.2, 0) is 28.4 Å². The molecular weight excluding hydrogens is 490 g/mol. The van der Waals surface area contributed by atoms with Crippen molar-refractivity contribution in [1.29, 1.82) is 0 Å². The van der Waals surface area contributed by atoms with Crippen LogP contribution in [0.15, 0.2) is 54.6 Å². The van der Waals surface area contributed by atoms with E-state index in [0.29, 0.717) is 78.2 Å². The molecule has 38 heavy (non-hydrogen) atoms. The van der Waals surface area contributed by atoms with E-state index >= 15 is 0 Å². The molecule has 2 aromatic rings. The number of carbonyl (C=O) groups is 1. The van der Waals surface area contributed by atoms with Crippen LogP contribution in [0.1, 0.15) is 30.1 Å². The van der Waals surface area contributed by atoms with E-state index in [0.717, 1.165) is 30.8 Å². The molecule has 9 nitrogen and oxygen atoms in total. The van der Waals surface area contributed by atoms with E-state index in [4.69, 9.17) is 33.2 Å². The second kappa shape index (κ2) is 22.3. The van der Waals surface area contributed by atoms with Gasteiger partial charge in [-0.15, -0.1) is 0 Å². The maximum atomic E-state index is 12.1. The zero-order valence-electron chi connectivity index (χ0n) is 22.6. The Bertz CT molecular complexity index is 819. The summed E-state index contributed by atoms with van der Waals surface area (Å²) in [6.07, 6.45) is 2.25. The number of rotatable bonds is 24. The van der Waals surface area contributed by atoms with Crippen molar-refractivity contribution in [3.05, 3.63) is 60.2 Å². The lowest BCUT2D eigenvalue weighted by Crippen LogP contribution is -2.15. The molecule has 0 saturated heterocycles. The molecular formula is C29H43NO8. The molecule has 9 heteroatoms. The van der Waals surface area contributed by atoms with E-state index in [1.54, 1.807) is 12.1 Å². The predicted molar refractivity (Wildman–Crippen MR) is 146 cm³/mol.